The molecule has 3 rings (SSSR count). The van der Waals surface area contributed by atoms with E-state index in [0.29, 0.717) is 17.1 Å². The van der Waals surface area contributed by atoms with E-state index >= 15 is 0 Å². The Morgan fingerprint density at radius 1 is 1.04 bits per heavy atom. The summed E-state index contributed by atoms with van der Waals surface area (Å²) in [5.74, 6) is 0.714. The highest BCUT2D eigenvalue weighted by Gasteiger charge is 2.14. The molecule has 0 saturated carbocycles. The lowest BCUT2D eigenvalue weighted by Gasteiger charge is -2.08. The van der Waals surface area contributed by atoms with Crippen molar-refractivity contribution in [3.8, 4) is 17.5 Å². The summed E-state index contributed by atoms with van der Waals surface area (Å²) in [4.78, 5) is 7.22. The van der Waals surface area contributed by atoms with Crippen LogP contribution >= 0.6 is 0 Å². The van der Waals surface area contributed by atoms with Gasteiger partial charge in [0.2, 0.25) is 0 Å². The van der Waals surface area contributed by atoms with E-state index in [1.807, 2.05) is 6.07 Å². The molecule has 6 nitrogen and oxygen atoms in total. The van der Waals surface area contributed by atoms with Crippen molar-refractivity contribution in [1.29, 1.82) is 5.26 Å². The van der Waals surface area contributed by atoms with Crippen LogP contribution < -0.4 is 4.72 Å². The minimum absolute atomic E-state index is 0.103. The molecule has 2 N–H and O–H groups in total. The fourth-order valence-electron chi connectivity index (χ4n) is 2.04. The van der Waals surface area contributed by atoms with E-state index in [1.54, 1.807) is 36.7 Å². The van der Waals surface area contributed by atoms with E-state index in [2.05, 4.69) is 14.7 Å². The molecule has 0 unspecified atom stereocenters. The maximum atomic E-state index is 12.3. The molecule has 0 aliphatic carbocycles. The third-order valence-corrected chi connectivity index (χ3v) is 4.60. The zero-order valence-electron chi connectivity index (χ0n) is 11.9. The lowest BCUT2D eigenvalue weighted by molar-refractivity contribution is 0.601. The van der Waals surface area contributed by atoms with Crippen molar-refractivity contribution in [1.82, 2.24) is 9.97 Å². The smallest absolute Gasteiger partial charge is 0.261 e. The van der Waals surface area contributed by atoms with Gasteiger partial charge >= 0.3 is 0 Å². The Hall–Kier alpha value is -3.11. The average Bonchev–Trinajstić information content (AvgIpc) is 3.10. The fourth-order valence-corrected chi connectivity index (χ4v) is 3.10. The quantitative estimate of drug-likeness (QED) is 0.771. The largest absolute Gasteiger partial charge is 0.345 e. The molecule has 7 heteroatoms. The first-order chi connectivity index (χ1) is 11.1. The number of anilines is 1. The van der Waals surface area contributed by atoms with Crippen LogP contribution in [0.15, 0.2) is 65.8 Å². The van der Waals surface area contributed by atoms with Crippen LogP contribution in [0.5, 0.6) is 0 Å². The Morgan fingerprint density at radius 2 is 1.74 bits per heavy atom. The third kappa shape index (κ3) is 3.22. The molecule has 0 radical (unpaired) electrons. The lowest BCUT2D eigenvalue weighted by atomic mass is 10.2. The highest BCUT2D eigenvalue weighted by molar-refractivity contribution is 7.92. The van der Waals surface area contributed by atoms with Gasteiger partial charge in [0.25, 0.3) is 10.0 Å². The van der Waals surface area contributed by atoms with Gasteiger partial charge in [-0.15, -0.1) is 0 Å². The van der Waals surface area contributed by atoms with Crippen LogP contribution in [0.4, 0.5) is 5.69 Å². The monoisotopic (exact) mass is 324 g/mol. The number of imidazole rings is 1. The lowest BCUT2D eigenvalue weighted by Crippen LogP contribution is -2.12. The molecule has 0 saturated heterocycles. The van der Waals surface area contributed by atoms with Crippen LogP contribution in [0.1, 0.15) is 5.56 Å². The number of benzene rings is 2. The van der Waals surface area contributed by atoms with Crippen molar-refractivity contribution in [2.24, 2.45) is 0 Å². The van der Waals surface area contributed by atoms with Gasteiger partial charge in [-0.05, 0) is 48.5 Å². The summed E-state index contributed by atoms with van der Waals surface area (Å²) >= 11 is 0. The molecule has 1 heterocycles. The van der Waals surface area contributed by atoms with Crippen LogP contribution in [0.2, 0.25) is 0 Å². The maximum absolute atomic E-state index is 12.3. The second-order valence-corrected chi connectivity index (χ2v) is 6.44. The Labute approximate surface area is 133 Å². The number of nitriles is 1. The number of sulfonamides is 1. The number of aromatic nitrogens is 2. The Balaban J connectivity index is 1.81. The van der Waals surface area contributed by atoms with E-state index in [1.165, 1.54) is 24.3 Å². The van der Waals surface area contributed by atoms with E-state index < -0.39 is 10.0 Å². The summed E-state index contributed by atoms with van der Waals surface area (Å²) in [6, 6.07) is 14.6. The van der Waals surface area contributed by atoms with Gasteiger partial charge in [-0.2, -0.15) is 5.26 Å². The molecule has 0 fully saturated rings. The van der Waals surface area contributed by atoms with Gasteiger partial charge in [-0.3, -0.25) is 4.72 Å². The molecule has 1 aromatic heterocycles. The summed E-state index contributed by atoms with van der Waals surface area (Å²) in [5, 5.41) is 8.75. The summed E-state index contributed by atoms with van der Waals surface area (Å²) in [6.45, 7) is 0. The molecule has 23 heavy (non-hydrogen) atoms. The van der Waals surface area contributed by atoms with E-state index in [4.69, 9.17) is 5.26 Å². The molecule has 0 aliphatic rings. The number of nitrogens with one attached hydrogen (secondary N) is 2. The van der Waals surface area contributed by atoms with Crippen LogP contribution in [0.3, 0.4) is 0 Å². The van der Waals surface area contributed by atoms with Crippen LogP contribution in [0.25, 0.3) is 11.4 Å². The topological polar surface area (TPSA) is 98.6 Å². The number of aromatic amines is 1. The number of H-pyrrole nitrogens is 1. The van der Waals surface area contributed by atoms with E-state index in [9.17, 15) is 8.42 Å². The molecule has 0 bridgehead atoms. The summed E-state index contributed by atoms with van der Waals surface area (Å²) in [7, 11) is -3.69. The minimum Gasteiger partial charge on any atom is -0.345 e. The number of rotatable bonds is 4. The molecule has 0 amide bonds. The Bertz CT molecular complexity index is 939. The van der Waals surface area contributed by atoms with Crippen molar-refractivity contribution >= 4 is 15.7 Å². The molecular weight excluding hydrogens is 312 g/mol. The first-order valence-electron chi connectivity index (χ1n) is 6.71. The molecular formula is C16H12N4O2S. The predicted molar refractivity (Wildman–Crippen MR) is 86.0 cm³/mol. The van der Waals surface area contributed by atoms with Gasteiger partial charge in [0.05, 0.1) is 16.5 Å². The molecule has 2 aromatic carbocycles. The molecule has 0 atom stereocenters. The first-order valence-corrected chi connectivity index (χ1v) is 8.19. The van der Waals surface area contributed by atoms with Gasteiger partial charge < -0.3 is 4.98 Å². The molecule has 114 valence electrons. The van der Waals surface area contributed by atoms with Crippen LogP contribution in [-0.2, 0) is 10.0 Å². The molecule has 0 spiro atoms. The van der Waals surface area contributed by atoms with E-state index in [-0.39, 0.29) is 4.90 Å². The molecule has 0 aliphatic heterocycles. The summed E-state index contributed by atoms with van der Waals surface area (Å²) < 4.78 is 27.1. The minimum atomic E-state index is -3.69. The van der Waals surface area contributed by atoms with Gasteiger partial charge in [0.15, 0.2) is 0 Å². The Morgan fingerprint density at radius 3 is 2.30 bits per heavy atom. The van der Waals surface area contributed by atoms with Gasteiger partial charge in [0.1, 0.15) is 5.82 Å². The van der Waals surface area contributed by atoms with Gasteiger partial charge in [-0.1, -0.05) is 0 Å². The van der Waals surface area contributed by atoms with Crippen molar-refractivity contribution in [2.45, 2.75) is 4.90 Å². The molecule has 3 aromatic rings. The van der Waals surface area contributed by atoms with Gasteiger partial charge in [-0.25, -0.2) is 13.4 Å². The normalized spacial score (nSPS) is 10.9. The van der Waals surface area contributed by atoms with Crippen molar-refractivity contribution in [2.75, 3.05) is 4.72 Å². The Kier molecular flexibility index (Phi) is 3.83. The second-order valence-electron chi connectivity index (χ2n) is 4.76. The van der Waals surface area contributed by atoms with Crippen molar-refractivity contribution in [3.63, 3.8) is 0 Å². The number of hydrogen-bond donors (Lipinski definition) is 2. The average molecular weight is 324 g/mol. The summed E-state index contributed by atoms with van der Waals surface area (Å²) in [6.07, 6.45) is 3.37. The van der Waals surface area contributed by atoms with Gasteiger partial charge in [0, 0.05) is 23.6 Å². The third-order valence-electron chi connectivity index (χ3n) is 3.20. The van der Waals surface area contributed by atoms with Crippen LogP contribution in [-0.4, -0.2) is 18.4 Å². The predicted octanol–water partition coefficient (Wildman–Crippen LogP) is 2.75. The zero-order chi connectivity index (χ0) is 16.3. The highest BCUT2D eigenvalue weighted by Crippen LogP contribution is 2.20. The summed E-state index contributed by atoms with van der Waals surface area (Å²) in [5.41, 5.74) is 1.72. The highest BCUT2D eigenvalue weighted by atomic mass is 32.2. The number of nitrogens with zero attached hydrogens (tertiary/aromatic N) is 2. The van der Waals surface area contributed by atoms with Crippen molar-refractivity contribution < 1.29 is 8.42 Å². The second kappa shape index (κ2) is 5.94. The maximum Gasteiger partial charge on any atom is 0.261 e. The fraction of sp³-hybridized carbons (Fsp3) is 0. The van der Waals surface area contributed by atoms with Crippen molar-refractivity contribution in [3.05, 3.63) is 66.5 Å². The zero-order valence-corrected chi connectivity index (χ0v) is 12.7. The standard InChI is InChI=1S/C16H12N4O2S/c17-11-12-1-7-15(8-2-12)23(21,22)20-14-5-3-13(4-6-14)16-18-9-10-19-16/h1-10,20H,(H,18,19). The van der Waals surface area contributed by atoms with Crippen LogP contribution in [0, 0.1) is 11.3 Å². The first kappa shape index (κ1) is 14.8. The number of hydrogen-bond acceptors (Lipinski definition) is 4. The SMILES string of the molecule is N#Cc1ccc(S(=O)(=O)Nc2ccc(-c3ncc[nH]3)cc2)cc1. The van der Waals surface area contributed by atoms with E-state index in [0.717, 1.165) is 5.56 Å².